The van der Waals surface area contributed by atoms with E-state index in [4.69, 9.17) is 0 Å². The Hall–Kier alpha value is -1.58. The molecule has 2 rings (SSSR count). The van der Waals surface area contributed by atoms with Gasteiger partial charge in [-0.05, 0) is 6.07 Å². The van der Waals surface area contributed by atoms with Gasteiger partial charge in [-0.3, -0.25) is 4.68 Å². The molecule has 16 heavy (non-hydrogen) atoms. The summed E-state index contributed by atoms with van der Waals surface area (Å²) in [6.07, 6.45) is 3.72. The molecule has 0 unspecified atom stereocenters. The average Bonchev–Trinajstić information content (AvgIpc) is 2.70. The van der Waals surface area contributed by atoms with Crippen molar-refractivity contribution in [1.82, 2.24) is 19.3 Å². The van der Waals surface area contributed by atoms with Crippen LogP contribution < -0.4 is 0 Å². The summed E-state index contributed by atoms with van der Waals surface area (Å²) in [5.41, 5.74) is 2.25. The second-order valence-electron chi connectivity index (χ2n) is 5.15. The summed E-state index contributed by atoms with van der Waals surface area (Å²) in [6.45, 7) is 6.56. The fourth-order valence-corrected chi connectivity index (χ4v) is 1.89. The van der Waals surface area contributed by atoms with Gasteiger partial charge < -0.3 is 4.57 Å². The minimum atomic E-state index is 0.102. The predicted molar refractivity (Wildman–Crippen MR) is 64.1 cm³/mol. The molecule has 0 bridgehead atoms. The Kier molecular flexibility index (Phi) is 2.37. The lowest BCUT2D eigenvalue weighted by Gasteiger charge is -2.17. The summed E-state index contributed by atoms with van der Waals surface area (Å²) in [5.74, 6) is 0.908. The molecular weight excluding hydrogens is 200 g/mol. The van der Waals surface area contributed by atoms with Crippen LogP contribution in [0.3, 0.4) is 0 Å². The molecule has 4 heteroatoms. The van der Waals surface area contributed by atoms with Crippen molar-refractivity contribution in [2.75, 3.05) is 0 Å². The molecule has 0 saturated heterocycles. The largest absolute Gasteiger partial charge is 0.333 e. The Labute approximate surface area is 95.9 Å². The molecule has 86 valence electrons. The zero-order valence-electron chi connectivity index (χ0n) is 10.5. The first-order chi connectivity index (χ1) is 7.39. The Morgan fingerprint density at radius 1 is 1.19 bits per heavy atom. The Morgan fingerprint density at radius 3 is 2.31 bits per heavy atom. The third-order valence-corrected chi connectivity index (χ3v) is 2.70. The van der Waals surface area contributed by atoms with E-state index >= 15 is 0 Å². The van der Waals surface area contributed by atoms with E-state index in [1.807, 2.05) is 29.5 Å². The molecule has 0 atom stereocenters. The number of hydrogen-bond donors (Lipinski definition) is 0. The molecule has 2 aromatic heterocycles. The first-order valence-corrected chi connectivity index (χ1v) is 5.42. The summed E-state index contributed by atoms with van der Waals surface area (Å²) in [4.78, 5) is 4.31. The lowest BCUT2D eigenvalue weighted by molar-refractivity contribution is 0.523. The molecule has 0 aromatic carbocycles. The van der Waals surface area contributed by atoms with Gasteiger partial charge in [0.25, 0.3) is 0 Å². The Balaban J connectivity index is 2.51. The van der Waals surface area contributed by atoms with Crippen LogP contribution >= 0.6 is 0 Å². The number of aromatic nitrogens is 4. The molecule has 0 aliphatic carbocycles. The number of aryl methyl sites for hydroxylation is 2. The van der Waals surface area contributed by atoms with Gasteiger partial charge in [-0.15, -0.1) is 0 Å². The smallest absolute Gasteiger partial charge is 0.160 e. The molecule has 2 aromatic rings. The fraction of sp³-hybridized carbons (Fsp3) is 0.500. The van der Waals surface area contributed by atoms with Crippen molar-refractivity contribution in [2.45, 2.75) is 26.2 Å². The maximum atomic E-state index is 4.51. The van der Waals surface area contributed by atoms with Crippen LogP contribution in [-0.4, -0.2) is 19.3 Å². The molecule has 0 aliphatic rings. The van der Waals surface area contributed by atoms with Gasteiger partial charge in [0.15, 0.2) is 5.82 Å². The minimum absolute atomic E-state index is 0.102. The Morgan fingerprint density at radius 2 is 1.88 bits per heavy atom. The SMILES string of the molecule is Cn1ccnc1-c1cc(C(C)(C)C)n(C)n1. The Bertz CT molecular complexity index is 499. The third kappa shape index (κ3) is 1.75. The predicted octanol–water partition coefficient (Wildman–Crippen LogP) is 2.12. The van der Waals surface area contributed by atoms with E-state index in [1.165, 1.54) is 5.69 Å². The van der Waals surface area contributed by atoms with Crippen molar-refractivity contribution >= 4 is 0 Å². The molecule has 0 saturated carbocycles. The van der Waals surface area contributed by atoms with Gasteiger partial charge in [0.1, 0.15) is 5.69 Å². The summed E-state index contributed by atoms with van der Waals surface area (Å²) in [7, 11) is 3.96. The van der Waals surface area contributed by atoms with Crippen LogP contribution in [0.25, 0.3) is 11.5 Å². The van der Waals surface area contributed by atoms with E-state index in [9.17, 15) is 0 Å². The van der Waals surface area contributed by atoms with Gasteiger partial charge in [0.05, 0.1) is 0 Å². The van der Waals surface area contributed by atoms with Crippen LogP contribution in [-0.2, 0) is 19.5 Å². The quantitative estimate of drug-likeness (QED) is 0.735. The molecule has 0 fully saturated rings. The molecule has 4 nitrogen and oxygen atoms in total. The van der Waals surface area contributed by atoms with Gasteiger partial charge in [0.2, 0.25) is 0 Å². The zero-order valence-corrected chi connectivity index (χ0v) is 10.5. The highest BCUT2D eigenvalue weighted by molar-refractivity contribution is 5.50. The van der Waals surface area contributed by atoms with E-state index in [2.05, 4.69) is 36.9 Å². The van der Waals surface area contributed by atoms with E-state index in [0.717, 1.165) is 11.5 Å². The zero-order chi connectivity index (χ0) is 11.9. The van der Waals surface area contributed by atoms with Crippen LogP contribution in [0.4, 0.5) is 0 Å². The van der Waals surface area contributed by atoms with E-state index < -0.39 is 0 Å². The number of nitrogens with zero attached hydrogens (tertiary/aromatic N) is 4. The van der Waals surface area contributed by atoms with Crippen molar-refractivity contribution in [3.63, 3.8) is 0 Å². The monoisotopic (exact) mass is 218 g/mol. The van der Waals surface area contributed by atoms with Crippen LogP contribution in [0.15, 0.2) is 18.5 Å². The van der Waals surface area contributed by atoms with Crippen LogP contribution in [0.1, 0.15) is 26.5 Å². The fourth-order valence-electron chi connectivity index (χ4n) is 1.89. The standard InChI is InChI=1S/C12H18N4/c1-12(2,3)10-8-9(14-16(10)5)11-13-6-7-15(11)4/h6-8H,1-5H3. The highest BCUT2D eigenvalue weighted by Gasteiger charge is 2.20. The summed E-state index contributed by atoms with van der Waals surface area (Å²) < 4.78 is 3.92. The first kappa shape index (κ1) is 10.9. The molecule has 0 N–H and O–H groups in total. The second-order valence-corrected chi connectivity index (χ2v) is 5.15. The number of imidazole rings is 1. The minimum Gasteiger partial charge on any atom is -0.333 e. The summed E-state index contributed by atoms with van der Waals surface area (Å²) >= 11 is 0. The number of rotatable bonds is 1. The van der Waals surface area contributed by atoms with Crippen molar-refractivity contribution in [1.29, 1.82) is 0 Å². The lowest BCUT2D eigenvalue weighted by atomic mass is 9.92. The van der Waals surface area contributed by atoms with Gasteiger partial charge in [-0.2, -0.15) is 5.10 Å². The maximum absolute atomic E-state index is 4.51. The van der Waals surface area contributed by atoms with Crippen LogP contribution in [0, 0.1) is 0 Å². The second kappa shape index (κ2) is 3.47. The highest BCUT2D eigenvalue weighted by Crippen LogP contribution is 2.25. The lowest BCUT2D eigenvalue weighted by Crippen LogP contribution is -2.16. The van der Waals surface area contributed by atoms with E-state index in [1.54, 1.807) is 6.20 Å². The van der Waals surface area contributed by atoms with Crippen molar-refractivity contribution in [2.24, 2.45) is 14.1 Å². The molecular formula is C12H18N4. The van der Waals surface area contributed by atoms with E-state index in [-0.39, 0.29) is 5.41 Å². The number of hydrogen-bond acceptors (Lipinski definition) is 2. The first-order valence-electron chi connectivity index (χ1n) is 5.42. The average molecular weight is 218 g/mol. The summed E-state index contributed by atoms with van der Waals surface area (Å²) in [6, 6.07) is 2.11. The molecule has 2 heterocycles. The van der Waals surface area contributed by atoms with Crippen molar-refractivity contribution < 1.29 is 0 Å². The molecule has 0 aliphatic heterocycles. The van der Waals surface area contributed by atoms with Crippen LogP contribution in [0.5, 0.6) is 0 Å². The molecule has 0 spiro atoms. The van der Waals surface area contributed by atoms with Crippen molar-refractivity contribution in [3.8, 4) is 11.5 Å². The van der Waals surface area contributed by atoms with E-state index in [0.29, 0.717) is 0 Å². The third-order valence-electron chi connectivity index (χ3n) is 2.70. The van der Waals surface area contributed by atoms with Crippen LogP contribution in [0.2, 0.25) is 0 Å². The van der Waals surface area contributed by atoms with Crippen molar-refractivity contribution in [3.05, 3.63) is 24.2 Å². The van der Waals surface area contributed by atoms with Gasteiger partial charge in [-0.25, -0.2) is 4.98 Å². The molecule has 0 radical (unpaired) electrons. The van der Waals surface area contributed by atoms with Gasteiger partial charge in [0, 0.05) is 37.6 Å². The summed E-state index contributed by atoms with van der Waals surface area (Å²) in [5, 5.41) is 4.51. The normalized spacial score (nSPS) is 12.1. The van der Waals surface area contributed by atoms with Gasteiger partial charge >= 0.3 is 0 Å². The topological polar surface area (TPSA) is 35.6 Å². The maximum Gasteiger partial charge on any atom is 0.160 e. The van der Waals surface area contributed by atoms with Gasteiger partial charge in [-0.1, -0.05) is 20.8 Å². The highest BCUT2D eigenvalue weighted by atomic mass is 15.3. The molecule has 0 amide bonds.